The number of benzene rings is 3. The Kier molecular flexibility index (Phi) is 5.49. The fraction of sp³-hybridized carbons (Fsp3) is 0.0417. The molecule has 2 aromatic heterocycles. The van der Waals surface area contributed by atoms with Crippen LogP contribution in [0.1, 0.15) is 5.56 Å². The van der Waals surface area contributed by atoms with E-state index in [1.165, 1.54) is 5.56 Å². The average Bonchev–Trinajstić information content (AvgIpc) is 3.34. The molecule has 2 heterocycles. The van der Waals surface area contributed by atoms with Crippen molar-refractivity contribution in [2.24, 2.45) is 0 Å². The van der Waals surface area contributed by atoms with Gasteiger partial charge in [0.2, 0.25) is 0 Å². The van der Waals surface area contributed by atoms with E-state index in [1.54, 1.807) is 29.0 Å². The maximum absolute atomic E-state index is 4.62. The standard InChI is InChI=1S/C24H18N6S/c1-3-9-18(10-4-1)16-31-22-14-8-7-13-20(22)23-21(15-25-17-26-23)24-27-28-29-30(24)19-11-5-2-6-12-19/h1-15,17H,16H2. The molecule has 0 aliphatic heterocycles. The number of nitrogens with zero attached hydrogens (tertiary/aromatic N) is 6. The van der Waals surface area contributed by atoms with E-state index < -0.39 is 0 Å². The number of rotatable bonds is 6. The van der Waals surface area contributed by atoms with E-state index in [0.29, 0.717) is 5.82 Å². The molecule has 0 aliphatic carbocycles. The van der Waals surface area contributed by atoms with Gasteiger partial charge in [-0.3, -0.25) is 0 Å². The molecule has 0 radical (unpaired) electrons. The second-order valence-electron chi connectivity index (χ2n) is 6.81. The van der Waals surface area contributed by atoms with Crippen LogP contribution < -0.4 is 0 Å². The van der Waals surface area contributed by atoms with Crippen molar-refractivity contribution in [2.75, 3.05) is 0 Å². The lowest BCUT2D eigenvalue weighted by molar-refractivity contribution is 0.791. The van der Waals surface area contributed by atoms with E-state index >= 15 is 0 Å². The summed E-state index contributed by atoms with van der Waals surface area (Å²) in [5.74, 6) is 1.48. The van der Waals surface area contributed by atoms with Crippen molar-refractivity contribution in [2.45, 2.75) is 10.6 Å². The van der Waals surface area contributed by atoms with Crippen molar-refractivity contribution >= 4 is 11.8 Å². The van der Waals surface area contributed by atoms with Crippen molar-refractivity contribution in [3.05, 3.63) is 103 Å². The first-order chi connectivity index (χ1) is 15.4. The molecule has 31 heavy (non-hydrogen) atoms. The lowest BCUT2D eigenvalue weighted by Gasteiger charge is -2.12. The van der Waals surface area contributed by atoms with Crippen LogP contribution in [0.25, 0.3) is 28.3 Å². The van der Waals surface area contributed by atoms with E-state index in [-0.39, 0.29) is 0 Å². The molecule has 0 saturated heterocycles. The summed E-state index contributed by atoms with van der Waals surface area (Å²) in [7, 11) is 0. The molecule has 7 heteroatoms. The molecule has 0 saturated carbocycles. The maximum Gasteiger partial charge on any atom is 0.190 e. The number of aromatic nitrogens is 6. The first-order valence-corrected chi connectivity index (χ1v) is 10.8. The van der Waals surface area contributed by atoms with Crippen molar-refractivity contribution in [3.63, 3.8) is 0 Å². The summed E-state index contributed by atoms with van der Waals surface area (Å²) in [6.07, 6.45) is 3.33. The molecule has 5 aromatic rings. The highest BCUT2D eigenvalue weighted by atomic mass is 32.2. The molecule has 0 unspecified atom stereocenters. The minimum absolute atomic E-state index is 0.602. The Hall–Kier alpha value is -3.84. The van der Waals surface area contributed by atoms with E-state index in [2.05, 4.69) is 61.9 Å². The van der Waals surface area contributed by atoms with Crippen LogP contribution in [0.2, 0.25) is 0 Å². The highest BCUT2D eigenvalue weighted by molar-refractivity contribution is 7.98. The van der Waals surface area contributed by atoms with Crippen LogP contribution in [0.3, 0.4) is 0 Å². The van der Waals surface area contributed by atoms with Gasteiger partial charge in [-0.25, -0.2) is 9.97 Å². The van der Waals surface area contributed by atoms with Gasteiger partial charge in [0.05, 0.1) is 16.9 Å². The lowest BCUT2D eigenvalue weighted by Crippen LogP contribution is -2.02. The number of para-hydroxylation sites is 1. The fourth-order valence-corrected chi connectivity index (χ4v) is 4.34. The molecule has 0 N–H and O–H groups in total. The largest absolute Gasteiger partial charge is 0.244 e. The monoisotopic (exact) mass is 422 g/mol. The highest BCUT2D eigenvalue weighted by Crippen LogP contribution is 2.36. The van der Waals surface area contributed by atoms with Gasteiger partial charge < -0.3 is 0 Å². The van der Waals surface area contributed by atoms with Crippen LogP contribution in [0.5, 0.6) is 0 Å². The van der Waals surface area contributed by atoms with Crippen LogP contribution in [-0.4, -0.2) is 30.2 Å². The average molecular weight is 423 g/mol. The number of hydrogen-bond acceptors (Lipinski definition) is 6. The van der Waals surface area contributed by atoms with Gasteiger partial charge in [0.25, 0.3) is 0 Å². The summed E-state index contributed by atoms with van der Waals surface area (Å²) in [6, 6.07) is 28.5. The summed E-state index contributed by atoms with van der Waals surface area (Å²) in [4.78, 5) is 10.0. The molecule has 0 spiro atoms. The predicted molar refractivity (Wildman–Crippen MR) is 122 cm³/mol. The smallest absolute Gasteiger partial charge is 0.190 e. The Morgan fingerprint density at radius 1 is 0.774 bits per heavy atom. The minimum atomic E-state index is 0.602. The molecule has 0 atom stereocenters. The summed E-state index contributed by atoms with van der Waals surface area (Å²) < 4.78 is 1.71. The van der Waals surface area contributed by atoms with Crippen LogP contribution in [0.4, 0.5) is 0 Å². The van der Waals surface area contributed by atoms with Gasteiger partial charge in [0, 0.05) is 22.4 Å². The molecule has 150 valence electrons. The Morgan fingerprint density at radius 2 is 1.52 bits per heavy atom. The summed E-state index contributed by atoms with van der Waals surface area (Å²) in [5.41, 5.74) is 4.77. The van der Waals surface area contributed by atoms with Crippen molar-refractivity contribution in [3.8, 4) is 28.3 Å². The van der Waals surface area contributed by atoms with E-state index in [4.69, 9.17) is 0 Å². The van der Waals surface area contributed by atoms with E-state index in [1.807, 2.05) is 48.5 Å². The predicted octanol–water partition coefficient (Wildman–Crippen LogP) is 5.08. The molecule has 5 rings (SSSR count). The van der Waals surface area contributed by atoms with Crippen molar-refractivity contribution in [1.82, 2.24) is 30.2 Å². The minimum Gasteiger partial charge on any atom is -0.244 e. The maximum atomic E-state index is 4.62. The van der Waals surface area contributed by atoms with Crippen LogP contribution >= 0.6 is 11.8 Å². The van der Waals surface area contributed by atoms with Crippen LogP contribution in [0.15, 0.2) is 102 Å². The van der Waals surface area contributed by atoms with E-state index in [9.17, 15) is 0 Å². The van der Waals surface area contributed by atoms with Gasteiger partial charge in [-0.1, -0.05) is 66.7 Å². The Bertz CT molecular complexity index is 1290. The molecule has 6 nitrogen and oxygen atoms in total. The fourth-order valence-electron chi connectivity index (χ4n) is 3.33. The molecule has 0 fully saturated rings. The lowest BCUT2D eigenvalue weighted by atomic mass is 10.1. The number of tetrazole rings is 1. The molecule has 0 bridgehead atoms. The SMILES string of the molecule is c1ccc(CSc2ccccc2-c2ncncc2-c2nnnn2-c2ccccc2)cc1. The first kappa shape index (κ1) is 19.1. The summed E-state index contributed by atoms with van der Waals surface area (Å²) >= 11 is 1.78. The van der Waals surface area contributed by atoms with Crippen LogP contribution in [-0.2, 0) is 5.75 Å². The normalized spacial score (nSPS) is 10.8. The van der Waals surface area contributed by atoms with E-state index in [0.717, 1.165) is 33.2 Å². The Morgan fingerprint density at radius 3 is 2.35 bits per heavy atom. The van der Waals surface area contributed by atoms with Crippen molar-refractivity contribution in [1.29, 1.82) is 0 Å². The summed E-state index contributed by atoms with van der Waals surface area (Å²) in [5, 5.41) is 12.4. The molecule has 0 aliphatic rings. The zero-order valence-electron chi connectivity index (χ0n) is 16.5. The van der Waals surface area contributed by atoms with Crippen LogP contribution in [0, 0.1) is 0 Å². The second kappa shape index (κ2) is 8.89. The third-order valence-electron chi connectivity index (χ3n) is 4.80. The Labute approximate surface area is 184 Å². The topological polar surface area (TPSA) is 69.4 Å². The van der Waals surface area contributed by atoms with Crippen molar-refractivity contribution < 1.29 is 0 Å². The highest BCUT2D eigenvalue weighted by Gasteiger charge is 2.19. The summed E-state index contributed by atoms with van der Waals surface area (Å²) in [6.45, 7) is 0. The van der Waals surface area contributed by atoms with Gasteiger partial charge in [-0.2, -0.15) is 4.68 Å². The third kappa shape index (κ3) is 4.08. The second-order valence-corrected chi connectivity index (χ2v) is 7.82. The van der Waals surface area contributed by atoms with Gasteiger partial charge in [-0.15, -0.1) is 16.9 Å². The molecule has 3 aromatic carbocycles. The number of hydrogen-bond donors (Lipinski definition) is 0. The quantitative estimate of drug-likeness (QED) is 0.356. The van der Waals surface area contributed by atoms with Gasteiger partial charge in [-0.05, 0) is 34.2 Å². The number of thioether (sulfide) groups is 1. The molecular weight excluding hydrogens is 404 g/mol. The zero-order valence-corrected chi connectivity index (χ0v) is 17.4. The van der Waals surface area contributed by atoms with Gasteiger partial charge in [0.1, 0.15) is 6.33 Å². The third-order valence-corrected chi connectivity index (χ3v) is 5.95. The molecular formula is C24H18N6S. The Balaban J connectivity index is 1.55. The zero-order chi connectivity index (χ0) is 20.9. The molecule has 0 amide bonds. The van der Waals surface area contributed by atoms with Gasteiger partial charge in [0.15, 0.2) is 5.82 Å². The first-order valence-electron chi connectivity index (χ1n) is 9.80. The van der Waals surface area contributed by atoms with Gasteiger partial charge >= 0.3 is 0 Å².